The lowest BCUT2D eigenvalue weighted by atomic mass is 9.78. The molecule has 0 spiro atoms. The first-order chi connectivity index (χ1) is 9.67. The van der Waals surface area contributed by atoms with E-state index in [0.29, 0.717) is 12.0 Å². The summed E-state index contributed by atoms with van der Waals surface area (Å²) in [6, 6.07) is 8.04. The van der Waals surface area contributed by atoms with Gasteiger partial charge in [0.15, 0.2) is 0 Å². The molecule has 2 rings (SSSR count). The van der Waals surface area contributed by atoms with Crippen LogP contribution in [-0.2, 0) is 6.54 Å². The minimum Gasteiger partial charge on any atom is -0.492 e. The first-order valence-electron chi connectivity index (χ1n) is 7.80. The van der Waals surface area contributed by atoms with Crippen LogP contribution in [0.25, 0.3) is 0 Å². The topological polar surface area (TPSA) is 38.5 Å². The molecule has 0 saturated carbocycles. The number of rotatable bonds is 6. The monoisotopic (exact) mass is 276 g/mol. The van der Waals surface area contributed by atoms with Gasteiger partial charge in [-0.15, -0.1) is 0 Å². The fraction of sp³-hybridized carbons (Fsp3) is 0.647. The smallest absolute Gasteiger partial charge is 0.123 e. The number of hydrogen-bond donors (Lipinski definition) is 1. The maximum absolute atomic E-state index is 5.89. The van der Waals surface area contributed by atoms with Crippen molar-refractivity contribution in [3.05, 3.63) is 29.8 Å². The molecule has 1 aromatic rings. The zero-order valence-electron chi connectivity index (χ0n) is 12.9. The summed E-state index contributed by atoms with van der Waals surface area (Å²) in [7, 11) is 0. The lowest BCUT2D eigenvalue weighted by molar-refractivity contribution is 0.101. The highest BCUT2D eigenvalue weighted by Gasteiger charge is 2.27. The van der Waals surface area contributed by atoms with Crippen LogP contribution < -0.4 is 10.5 Å². The third kappa shape index (κ3) is 3.97. The summed E-state index contributed by atoms with van der Waals surface area (Å²) in [6.07, 6.45) is 3.91. The molecule has 0 unspecified atom stereocenters. The van der Waals surface area contributed by atoms with Crippen molar-refractivity contribution in [2.45, 2.75) is 39.7 Å². The molecule has 112 valence electrons. The molecule has 0 aromatic heterocycles. The van der Waals surface area contributed by atoms with Gasteiger partial charge < -0.3 is 10.5 Å². The number of para-hydroxylation sites is 1. The minimum absolute atomic E-state index is 0.536. The van der Waals surface area contributed by atoms with E-state index in [1.54, 1.807) is 0 Å². The molecule has 1 saturated heterocycles. The second-order valence-corrected chi connectivity index (χ2v) is 6.17. The second kappa shape index (κ2) is 7.09. The van der Waals surface area contributed by atoms with E-state index < -0.39 is 0 Å². The number of nitrogens with zero attached hydrogens (tertiary/aromatic N) is 1. The van der Waals surface area contributed by atoms with Crippen LogP contribution in [0.15, 0.2) is 24.3 Å². The van der Waals surface area contributed by atoms with Crippen molar-refractivity contribution in [3.63, 3.8) is 0 Å². The normalized spacial score (nSPS) is 18.9. The standard InChI is InChI=1S/C17H28N2O/c1-3-17(2)8-10-19(11-9-17)12-13-20-16-7-5-4-6-15(16)14-18/h4-7H,3,8-14,18H2,1-2H3. The predicted octanol–water partition coefficient (Wildman–Crippen LogP) is 3.04. The Bertz CT molecular complexity index is 411. The highest BCUT2D eigenvalue weighted by Crippen LogP contribution is 2.33. The first-order valence-corrected chi connectivity index (χ1v) is 7.80. The number of likely N-dealkylation sites (tertiary alicyclic amines) is 1. The van der Waals surface area contributed by atoms with Gasteiger partial charge in [0.2, 0.25) is 0 Å². The van der Waals surface area contributed by atoms with E-state index in [2.05, 4.69) is 18.7 Å². The van der Waals surface area contributed by atoms with Gasteiger partial charge in [-0.1, -0.05) is 38.5 Å². The number of ether oxygens (including phenoxy) is 1. The average molecular weight is 276 g/mol. The minimum atomic E-state index is 0.536. The average Bonchev–Trinajstić information content (AvgIpc) is 2.50. The van der Waals surface area contributed by atoms with Crippen molar-refractivity contribution in [3.8, 4) is 5.75 Å². The molecule has 20 heavy (non-hydrogen) atoms. The van der Waals surface area contributed by atoms with Crippen LogP contribution in [0.1, 0.15) is 38.7 Å². The molecular weight excluding hydrogens is 248 g/mol. The lowest BCUT2D eigenvalue weighted by Crippen LogP contribution is -2.40. The van der Waals surface area contributed by atoms with Gasteiger partial charge in [-0.05, 0) is 37.4 Å². The Morgan fingerprint density at radius 3 is 2.60 bits per heavy atom. The molecule has 1 aromatic carbocycles. The van der Waals surface area contributed by atoms with Crippen LogP contribution in [0.3, 0.4) is 0 Å². The van der Waals surface area contributed by atoms with E-state index in [-0.39, 0.29) is 0 Å². The Balaban J connectivity index is 1.74. The summed E-state index contributed by atoms with van der Waals surface area (Å²) >= 11 is 0. The summed E-state index contributed by atoms with van der Waals surface area (Å²) in [6.45, 7) is 9.42. The Morgan fingerprint density at radius 1 is 1.25 bits per heavy atom. The largest absolute Gasteiger partial charge is 0.492 e. The molecule has 0 radical (unpaired) electrons. The van der Waals surface area contributed by atoms with Crippen LogP contribution >= 0.6 is 0 Å². The number of piperidine rings is 1. The zero-order valence-corrected chi connectivity index (χ0v) is 12.9. The van der Waals surface area contributed by atoms with Crippen molar-refractivity contribution in [1.82, 2.24) is 4.90 Å². The van der Waals surface area contributed by atoms with Gasteiger partial charge in [0.25, 0.3) is 0 Å². The molecular formula is C17H28N2O. The van der Waals surface area contributed by atoms with Gasteiger partial charge in [0.05, 0.1) is 0 Å². The van der Waals surface area contributed by atoms with Gasteiger partial charge in [0, 0.05) is 18.7 Å². The van der Waals surface area contributed by atoms with Crippen molar-refractivity contribution < 1.29 is 4.74 Å². The molecule has 1 aliphatic heterocycles. The second-order valence-electron chi connectivity index (χ2n) is 6.17. The van der Waals surface area contributed by atoms with Crippen molar-refractivity contribution in [2.75, 3.05) is 26.2 Å². The van der Waals surface area contributed by atoms with E-state index >= 15 is 0 Å². The van der Waals surface area contributed by atoms with Gasteiger partial charge in [-0.25, -0.2) is 0 Å². The van der Waals surface area contributed by atoms with Gasteiger partial charge in [-0.3, -0.25) is 4.90 Å². The van der Waals surface area contributed by atoms with E-state index in [0.717, 1.165) is 24.5 Å². The van der Waals surface area contributed by atoms with E-state index in [9.17, 15) is 0 Å². The predicted molar refractivity (Wildman–Crippen MR) is 83.9 cm³/mol. The maximum atomic E-state index is 5.89. The Labute approximate surface area is 123 Å². The highest BCUT2D eigenvalue weighted by molar-refractivity contribution is 5.32. The lowest BCUT2D eigenvalue weighted by Gasteiger charge is -2.38. The Kier molecular flexibility index (Phi) is 5.44. The van der Waals surface area contributed by atoms with Crippen molar-refractivity contribution in [2.24, 2.45) is 11.1 Å². The first kappa shape index (κ1) is 15.3. The quantitative estimate of drug-likeness (QED) is 0.868. The number of benzene rings is 1. The van der Waals surface area contributed by atoms with Crippen molar-refractivity contribution in [1.29, 1.82) is 0 Å². The van der Waals surface area contributed by atoms with Gasteiger partial charge in [0.1, 0.15) is 12.4 Å². The summed E-state index contributed by atoms with van der Waals surface area (Å²) in [4.78, 5) is 2.52. The van der Waals surface area contributed by atoms with E-state index in [4.69, 9.17) is 10.5 Å². The van der Waals surface area contributed by atoms with E-state index in [1.165, 1.54) is 32.4 Å². The van der Waals surface area contributed by atoms with Crippen molar-refractivity contribution >= 4 is 0 Å². The highest BCUT2D eigenvalue weighted by atomic mass is 16.5. The molecule has 0 atom stereocenters. The summed E-state index contributed by atoms with van der Waals surface area (Å²) in [5.41, 5.74) is 7.37. The van der Waals surface area contributed by atoms with Crippen LogP contribution in [-0.4, -0.2) is 31.1 Å². The summed E-state index contributed by atoms with van der Waals surface area (Å²) < 4.78 is 5.89. The molecule has 1 heterocycles. The third-order valence-electron chi connectivity index (χ3n) is 4.77. The van der Waals surface area contributed by atoms with Crippen LogP contribution in [0.5, 0.6) is 5.75 Å². The van der Waals surface area contributed by atoms with Crippen LogP contribution in [0.2, 0.25) is 0 Å². The summed E-state index contributed by atoms with van der Waals surface area (Å²) in [5.74, 6) is 0.936. The number of hydrogen-bond acceptors (Lipinski definition) is 3. The molecule has 2 N–H and O–H groups in total. The molecule has 0 aliphatic carbocycles. The number of nitrogens with two attached hydrogens (primary N) is 1. The molecule has 1 aliphatic rings. The van der Waals surface area contributed by atoms with Crippen LogP contribution in [0.4, 0.5) is 0 Å². The van der Waals surface area contributed by atoms with E-state index in [1.807, 2.05) is 24.3 Å². The zero-order chi connectivity index (χ0) is 14.4. The fourth-order valence-corrected chi connectivity index (χ4v) is 2.77. The Hall–Kier alpha value is -1.06. The Morgan fingerprint density at radius 2 is 1.95 bits per heavy atom. The van der Waals surface area contributed by atoms with Crippen LogP contribution in [0, 0.1) is 5.41 Å². The maximum Gasteiger partial charge on any atom is 0.123 e. The van der Waals surface area contributed by atoms with Gasteiger partial charge in [-0.2, -0.15) is 0 Å². The molecule has 0 amide bonds. The SMILES string of the molecule is CCC1(C)CCN(CCOc2ccccc2CN)CC1. The third-order valence-corrected chi connectivity index (χ3v) is 4.77. The fourth-order valence-electron chi connectivity index (χ4n) is 2.77. The summed E-state index contributed by atoms with van der Waals surface area (Å²) in [5, 5.41) is 0. The molecule has 0 bridgehead atoms. The van der Waals surface area contributed by atoms with Gasteiger partial charge >= 0.3 is 0 Å². The molecule has 3 nitrogen and oxygen atoms in total. The molecule has 1 fully saturated rings. The molecule has 3 heteroatoms.